The second kappa shape index (κ2) is 4.79. The van der Waals surface area contributed by atoms with Crippen molar-refractivity contribution >= 4 is 17.6 Å². The molecule has 0 aromatic heterocycles. The topological polar surface area (TPSA) is 49.4 Å². The van der Waals surface area contributed by atoms with Crippen LogP contribution in [-0.4, -0.2) is 17.5 Å². The Balaban J connectivity index is 1.94. The summed E-state index contributed by atoms with van der Waals surface area (Å²) in [6.45, 7) is 2.10. The van der Waals surface area contributed by atoms with Crippen molar-refractivity contribution in [2.45, 2.75) is 38.1 Å². The standard InChI is InChI=1S/C15H16F2N2O2/c1-9-4-6-15(7-5-9)13(20)19(14(21)18-15)12-3-2-10(16)8-11(12)17/h2-3,8-9H,4-7H2,1H3,(H,18,21). The van der Waals surface area contributed by atoms with E-state index in [9.17, 15) is 18.4 Å². The zero-order valence-electron chi connectivity index (χ0n) is 11.7. The number of rotatable bonds is 1. The van der Waals surface area contributed by atoms with Crippen molar-refractivity contribution in [2.75, 3.05) is 4.90 Å². The SMILES string of the molecule is CC1CCC2(CC1)NC(=O)N(c1ccc(F)cc1F)C2=O. The van der Waals surface area contributed by atoms with Gasteiger partial charge in [-0.1, -0.05) is 6.92 Å². The van der Waals surface area contributed by atoms with E-state index in [-0.39, 0.29) is 5.69 Å². The third kappa shape index (κ3) is 2.18. The van der Waals surface area contributed by atoms with Gasteiger partial charge in [0.1, 0.15) is 17.2 Å². The van der Waals surface area contributed by atoms with E-state index in [1.165, 1.54) is 0 Å². The number of nitrogens with zero attached hydrogens (tertiary/aromatic N) is 1. The maximum absolute atomic E-state index is 13.9. The van der Waals surface area contributed by atoms with Crippen molar-refractivity contribution in [2.24, 2.45) is 5.92 Å². The van der Waals surface area contributed by atoms with Crippen molar-refractivity contribution in [1.82, 2.24) is 5.32 Å². The quantitative estimate of drug-likeness (QED) is 0.810. The normalized spacial score (nSPS) is 29.1. The van der Waals surface area contributed by atoms with Crippen LogP contribution in [-0.2, 0) is 4.79 Å². The lowest BCUT2D eigenvalue weighted by Gasteiger charge is -2.33. The first-order valence-corrected chi connectivity index (χ1v) is 7.05. The summed E-state index contributed by atoms with van der Waals surface area (Å²) in [5.74, 6) is -1.59. The summed E-state index contributed by atoms with van der Waals surface area (Å²) in [4.78, 5) is 25.5. The van der Waals surface area contributed by atoms with Gasteiger partial charge in [-0.15, -0.1) is 0 Å². The van der Waals surface area contributed by atoms with Gasteiger partial charge in [0.15, 0.2) is 0 Å². The number of nitrogens with one attached hydrogen (secondary N) is 1. The molecule has 2 fully saturated rings. The van der Waals surface area contributed by atoms with Gasteiger partial charge in [0.25, 0.3) is 5.91 Å². The van der Waals surface area contributed by atoms with Crippen LogP contribution in [0.4, 0.5) is 19.3 Å². The Labute approximate surface area is 121 Å². The van der Waals surface area contributed by atoms with Gasteiger partial charge in [-0.25, -0.2) is 18.5 Å². The summed E-state index contributed by atoms with van der Waals surface area (Å²) in [6.07, 6.45) is 2.79. The van der Waals surface area contributed by atoms with Gasteiger partial charge in [-0.05, 0) is 43.7 Å². The molecule has 0 bridgehead atoms. The summed E-state index contributed by atoms with van der Waals surface area (Å²) in [5, 5.41) is 2.71. The Morgan fingerprint density at radius 3 is 2.52 bits per heavy atom. The maximum Gasteiger partial charge on any atom is 0.329 e. The minimum atomic E-state index is -0.926. The summed E-state index contributed by atoms with van der Waals surface area (Å²) < 4.78 is 26.8. The number of hydrogen-bond acceptors (Lipinski definition) is 2. The van der Waals surface area contributed by atoms with E-state index in [1.807, 2.05) is 0 Å². The van der Waals surface area contributed by atoms with E-state index in [0.717, 1.165) is 29.9 Å². The average molecular weight is 294 g/mol. The molecule has 0 unspecified atom stereocenters. The van der Waals surface area contributed by atoms with Crippen LogP contribution in [0.25, 0.3) is 0 Å². The monoisotopic (exact) mass is 294 g/mol. The highest BCUT2D eigenvalue weighted by atomic mass is 19.1. The lowest BCUT2D eigenvalue weighted by Crippen LogP contribution is -2.49. The number of imide groups is 1. The fourth-order valence-corrected chi connectivity index (χ4v) is 3.10. The lowest BCUT2D eigenvalue weighted by molar-refractivity contribution is -0.123. The Bertz CT molecular complexity index is 610. The minimum Gasteiger partial charge on any atom is -0.323 e. The first-order chi connectivity index (χ1) is 9.93. The summed E-state index contributed by atoms with van der Waals surface area (Å²) in [5.41, 5.74) is -1.13. The number of urea groups is 1. The smallest absolute Gasteiger partial charge is 0.323 e. The Morgan fingerprint density at radius 2 is 1.90 bits per heavy atom. The predicted octanol–water partition coefficient (Wildman–Crippen LogP) is 2.97. The fourth-order valence-electron chi connectivity index (χ4n) is 3.10. The van der Waals surface area contributed by atoms with Gasteiger partial charge in [0.05, 0.1) is 5.69 Å². The highest BCUT2D eigenvalue weighted by molar-refractivity contribution is 6.23. The van der Waals surface area contributed by atoms with Crippen molar-refractivity contribution < 1.29 is 18.4 Å². The molecule has 4 nitrogen and oxygen atoms in total. The van der Waals surface area contributed by atoms with E-state index in [4.69, 9.17) is 0 Å². The number of hydrogen-bond donors (Lipinski definition) is 1. The molecule has 21 heavy (non-hydrogen) atoms. The summed E-state index contributed by atoms with van der Waals surface area (Å²) >= 11 is 0. The molecule has 1 N–H and O–H groups in total. The molecule has 1 aromatic rings. The van der Waals surface area contributed by atoms with E-state index in [2.05, 4.69) is 12.2 Å². The number of anilines is 1. The molecule has 0 radical (unpaired) electrons. The first-order valence-electron chi connectivity index (χ1n) is 7.05. The second-order valence-corrected chi connectivity index (χ2v) is 5.93. The van der Waals surface area contributed by atoms with E-state index in [1.54, 1.807) is 0 Å². The number of benzene rings is 1. The molecule has 2 aliphatic rings. The molecule has 0 atom stereocenters. The molecule has 1 saturated heterocycles. The minimum absolute atomic E-state index is 0.200. The Hall–Kier alpha value is -1.98. The number of carbonyl (C=O) groups excluding carboxylic acids is 2. The molecule has 112 valence electrons. The van der Waals surface area contributed by atoms with Crippen LogP contribution < -0.4 is 10.2 Å². The molecule has 1 aromatic carbocycles. The first kappa shape index (κ1) is 14.0. The molecular formula is C15H16F2N2O2. The number of halogens is 2. The second-order valence-electron chi connectivity index (χ2n) is 5.93. The molecule has 1 spiro atoms. The van der Waals surface area contributed by atoms with Gasteiger partial charge in [-0.3, -0.25) is 4.79 Å². The zero-order valence-corrected chi connectivity index (χ0v) is 11.7. The Morgan fingerprint density at radius 1 is 1.24 bits per heavy atom. The van der Waals surface area contributed by atoms with Crippen molar-refractivity contribution in [3.63, 3.8) is 0 Å². The fraction of sp³-hybridized carbons (Fsp3) is 0.467. The van der Waals surface area contributed by atoms with Crippen LogP contribution >= 0.6 is 0 Å². The highest BCUT2D eigenvalue weighted by Crippen LogP contribution is 2.38. The van der Waals surface area contributed by atoms with Crippen LogP contribution in [0.2, 0.25) is 0 Å². The predicted molar refractivity (Wildman–Crippen MR) is 72.7 cm³/mol. The van der Waals surface area contributed by atoms with Crippen LogP contribution in [0.5, 0.6) is 0 Å². The molecule has 1 aliphatic carbocycles. The average Bonchev–Trinajstić information content (AvgIpc) is 2.66. The molecule has 3 amide bonds. The lowest BCUT2D eigenvalue weighted by atomic mass is 9.77. The largest absolute Gasteiger partial charge is 0.329 e. The summed E-state index contributed by atoms with van der Waals surface area (Å²) in [7, 11) is 0. The van der Waals surface area contributed by atoms with E-state index in [0.29, 0.717) is 24.8 Å². The summed E-state index contributed by atoms with van der Waals surface area (Å²) in [6, 6.07) is 2.18. The van der Waals surface area contributed by atoms with E-state index < -0.39 is 29.1 Å². The number of amides is 3. The van der Waals surface area contributed by atoms with Crippen LogP contribution in [0.3, 0.4) is 0 Å². The van der Waals surface area contributed by atoms with Gasteiger partial charge in [0.2, 0.25) is 0 Å². The zero-order chi connectivity index (χ0) is 15.2. The maximum atomic E-state index is 13.9. The van der Waals surface area contributed by atoms with E-state index >= 15 is 0 Å². The van der Waals surface area contributed by atoms with Gasteiger partial charge >= 0.3 is 6.03 Å². The van der Waals surface area contributed by atoms with Gasteiger partial charge in [-0.2, -0.15) is 0 Å². The van der Waals surface area contributed by atoms with Crippen molar-refractivity contribution in [3.05, 3.63) is 29.8 Å². The molecule has 1 saturated carbocycles. The molecule has 1 aliphatic heterocycles. The molecular weight excluding hydrogens is 278 g/mol. The van der Waals surface area contributed by atoms with Gasteiger partial charge in [0, 0.05) is 6.07 Å². The van der Waals surface area contributed by atoms with Crippen LogP contribution in [0, 0.1) is 17.6 Å². The molecule has 6 heteroatoms. The van der Waals surface area contributed by atoms with Crippen molar-refractivity contribution in [3.8, 4) is 0 Å². The number of carbonyl (C=O) groups is 2. The van der Waals surface area contributed by atoms with Gasteiger partial charge < -0.3 is 5.32 Å². The third-order valence-electron chi connectivity index (χ3n) is 4.44. The van der Waals surface area contributed by atoms with Crippen LogP contribution in [0.15, 0.2) is 18.2 Å². The molecule has 1 heterocycles. The van der Waals surface area contributed by atoms with Crippen molar-refractivity contribution in [1.29, 1.82) is 0 Å². The molecule has 3 rings (SSSR count). The third-order valence-corrected chi connectivity index (χ3v) is 4.44. The Kier molecular flexibility index (Phi) is 3.19. The van der Waals surface area contributed by atoms with Crippen LogP contribution in [0.1, 0.15) is 32.6 Å². The highest BCUT2D eigenvalue weighted by Gasteiger charge is 2.53.